The third-order valence-electron chi connectivity index (χ3n) is 3.52. The van der Waals surface area contributed by atoms with Crippen LogP contribution >= 0.6 is 0 Å². The van der Waals surface area contributed by atoms with Crippen LogP contribution in [0.25, 0.3) is 0 Å². The molecule has 1 aromatic carbocycles. The van der Waals surface area contributed by atoms with Gasteiger partial charge >= 0.3 is 0 Å². The van der Waals surface area contributed by atoms with Crippen LogP contribution in [-0.2, 0) is 0 Å². The first-order valence-electron chi connectivity index (χ1n) is 7.60. The molecule has 1 unspecified atom stereocenters. The number of hydrogen-bond acceptors (Lipinski definition) is 6. The second-order valence-corrected chi connectivity index (χ2v) is 4.95. The summed E-state index contributed by atoms with van der Waals surface area (Å²) in [6.45, 7) is 4.81. The number of carbonyl (C=O) groups excluding carboxylic acids is 1. The van der Waals surface area contributed by atoms with Crippen LogP contribution in [0.2, 0.25) is 0 Å². The highest BCUT2D eigenvalue weighted by Gasteiger charge is 2.19. The summed E-state index contributed by atoms with van der Waals surface area (Å²) in [5.41, 5.74) is 0.988. The molecule has 0 aliphatic carbocycles. The van der Waals surface area contributed by atoms with Gasteiger partial charge in [-0.2, -0.15) is 0 Å². The molecule has 0 bridgehead atoms. The number of amides is 1. The molecule has 130 valence electrons. The largest absolute Gasteiger partial charge is 0.493 e. The topological polar surface area (TPSA) is 91.3 Å². The number of methoxy groups -OCH3 is 2. The molecule has 0 saturated heterocycles. The second-order valence-electron chi connectivity index (χ2n) is 4.95. The minimum Gasteiger partial charge on any atom is -0.493 e. The van der Waals surface area contributed by atoms with Crippen molar-refractivity contribution in [1.29, 1.82) is 0 Å². The van der Waals surface area contributed by atoms with Crippen molar-refractivity contribution in [3.05, 3.63) is 17.7 Å². The third kappa shape index (κ3) is 4.74. The fraction of sp³-hybridized carbons (Fsp3) is 0.562. The monoisotopic (exact) mass is 326 g/mol. The number of ether oxygens (including phenoxy) is 2. The predicted octanol–water partition coefficient (Wildman–Crippen LogP) is 0.951. The zero-order chi connectivity index (χ0) is 17.4. The third-order valence-corrected chi connectivity index (χ3v) is 3.52. The summed E-state index contributed by atoms with van der Waals surface area (Å²) in [6.07, 6.45) is -0.909. The van der Waals surface area contributed by atoms with Gasteiger partial charge in [0.05, 0.1) is 32.6 Å². The van der Waals surface area contributed by atoms with Gasteiger partial charge in [0.1, 0.15) is 0 Å². The van der Waals surface area contributed by atoms with Crippen LogP contribution in [0.4, 0.5) is 5.69 Å². The second kappa shape index (κ2) is 9.22. The Morgan fingerprint density at radius 2 is 1.91 bits per heavy atom. The van der Waals surface area contributed by atoms with E-state index >= 15 is 0 Å². The molecule has 0 heterocycles. The van der Waals surface area contributed by atoms with E-state index in [1.165, 1.54) is 14.2 Å². The highest BCUT2D eigenvalue weighted by molar-refractivity contribution is 5.96. The summed E-state index contributed by atoms with van der Waals surface area (Å²) in [7, 11) is 2.99. The van der Waals surface area contributed by atoms with Gasteiger partial charge in [0.25, 0.3) is 5.91 Å². The number of aliphatic hydroxyl groups is 2. The van der Waals surface area contributed by atoms with E-state index in [1.54, 1.807) is 17.0 Å². The zero-order valence-corrected chi connectivity index (χ0v) is 14.1. The van der Waals surface area contributed by atoms with Gasteiger partial charge in [-0.3, -0.25) is 4.79 Å². The van der Waals surface area contributed by atoms with E-state index in [0.717, 1.165) is 0 Å². The van der Waals surface area contributed by atoms with Crippen molar-refractivity contribution >= 4 is 11.6 Å². The minimum absolute atomic E-state index is 0.110. The Morgan fingerprint density at radius 3 is 2.39 bits per heavy atom. The Kier molecular flexibility index (Phi) is 7.64. The number of rotatable bonds is 9. The normalized spacial score (nSPS) is 11.7. The van der Waals surface area contributed by atoms with Crippen molar-refractivity contribution in [3.63, 3.8) is 0 Å². The molecule has 0 aromatic heterocycles. The molecule has 1 rings (SSSR count). The number of nitrogens with one attached hydrogen (secondary N) is 1. The van der Waals surface area contributed by atoms with Crippen molar-refractivity contribution in [2.24, 2.45) is 0 Å². The lowest BCUT2D eigenvalue weighted by Gasteiger charge is -2.21. The van der Waals surface area contributed by atoms with Crippen molar-refractivity contribution in [3.8, 4) is 11.5 Å². The summed E-state index contributed by atoms with van der Waals surface area (Å²) in [5, 5.41) is 21.4. The van der Waals surface area contributed by atoms with Crippen LogP contribution < -0.4 is 14.8 Å². The Morgan fingerprint density at radius 1 is 1.26 bits per heavy atom. The lowest BCUT2D eigenvalue weighted by molar-refractivity contribution is 0.0772. The number of nitrogens with zero attached hydrogens (tertiary/aromatic N) is 1. The molecule has 23 heavy (non-hydrogen) atoms. The summed E-state index contributed by atoms with van der Waals surface area (Å²) >= 11 is 0. The molecule has 1 aromatic rings. The van der Waals surface area contributed by atoms with E-state index in [9.17, 15) is 9.90 Å². The quantitative estimate of drug-likeness (QED) is 0.626. The standard InChI is InChI=1S/C16H26N2O5/c1-5-18(6-2)16(21)11-7-13(17-9-12(20)10-19)15(23-4)14(8-11)22-3/h7-8,12,17,19-20H,5-6,9-10H2,1-4H3. The molecule has 7 nitrogen and oxygen atoms in total. The van der Waals surface area contributed by atoms with Gasteiger partial charge < -0.3 is 29.9 Å². The molecule has 0 fully saturated rings. The highest BCUT2D eigenvalue weighted by atomic mass is 16.5. The molecule has 1 atom stereocenters. The van der Waals surface area contributed by atoms with E-state index in [2.05, 4.69) is 5.32 Å². The molecule has 1 amide bonds. The maximum Gasteiger partial charge on any atom is 0.254 e. The molecular weight excluding hydrogens is 300 g/mol. The van der Waals surface area contributed by atoms with Crippen LogP contribution in [0.1, 0.15) is 24.2 Å². The lowest BCUT2D eigenvalue weighted by Crippen LogP contribution is -2.30. The zero-order valence-electron chi connectivity index (χ0n) is 14.1. The van der Waals surface area contributed by atoms with E-state index in [1.807, 2.05) is 13.8 Å². The molecule has 0 spiro atoms. The van der Waals surface area contributed by atoms with Gasteiger partial charge in [-0.1, -0.05) is 0 Å². The number of aliphatic hydroxyl groups excluding tert-OH is 2. The minimum atomic E-state index is -0.909. The molecule has 0 saturated carbocycles. The first-order chi connectivity index (χ1) is 11.0. The first-order valence-corrected chi connectivity index (χ1v) is 7.60. The average Bonchev–Trinajstić information content (AvgIpc) is 2.59. The van der Waals surface area contributed by atoms with Gasteiger partial charge in [0, 0.05) is 25.2 Å². The highest BCUT2D eigenvalue weighted by Crippen LogP contribution is 2.37. The van der Waals surface area contributed by atoms with Crippen LogP contribution in [0.5, 0.6) is 11.5 Å². The van der Waals surface area contributed by atoms with Crippen molar-refractivity contribution in [1.82, 2.24) is 4.90 Å². The molecular formula is C16H26N2O5. The molecule has 7 heteroatoms. The smallest absolute Gasteiger partial charge is 0.254 e. The van der Waals surface area contributed by atoms with Crippen LogP contribution in [0, 0.1) is 0 Å². The van der Waals surface area contributed by atoms with Gasteiger partial charge in [0.2, 0.25) is 0 Å². The predicted molar refractivity (Wildman–Crippen MR) is 88.4 cm³/mol. The van der Waals surface area contributed by atoms with Gasteiger partial charge in [-0.15, -0.1) is 0 Å². The molecule has 3 N–H and O–H groups in total. The summed E-state index contributed by atoms with van der Waals surface area (Å²) in [4.78, 5) is 14.2. The Bertz CT molecular complexity index is 517. The number of carbonyl (C=O) groups is 1. The van der Waals surface area contributed by atoms with E-state index < -0.39 is 6.10 Å². The van der Waals surface area contributed by atoms with E-state index in [0.29, 0.717) is 35.8 Å². The molecule has 0 radical (unpaired) electrons. The fourth-order valence-electron chi connectivity index (χ4n) is 2.20. The molecule has 0 aliphatic rings. The number of anilines is 1. The van der Waals surface area contributed by atoms with E-state index in [-0.39, 0.29) is 19.1 Å². The van der Waals surface area contributed by atoms with Gasteiger partial charge in [-0.25, -0.2) is 0 Å². The van der Waals surface area contributed by atoms with E-state index in [4.69, 9.17) is 14.6 Å². The lowest BCUT2D eigenvalue weighted by atomic mass is 10.1. The first kappa shape index (κ1) is 19.1. The maximum atomic E-state index is 12.5. The SMILES string of the molecule is CCN(CC)C(=O)c1cc(NCC(O)CO)c(OC)c(OC)c1. The number of benzene rings is 1. The number of hydrogen-bond donors (Lipinski definition) is 3. The van der Waals surface area contributed by atoms with Gasteiger partial charge in [0.15, 0.2) is 11.5 Å². The maximum absolute atomic E-state index is 12.5. The summed E-state index contributed by atoms with van der Waals surface area (Å²) in [6, 6.07) is 3.29. The fourth-order valence-corrected chi connectivity index (χ4v) is 2.20. The van der Waals surface area contributed by atoms with Gasteiger partial charge in [-0.05, 0) is 26.0 Å². The summed E-state index contributed by atoms with van der Waals surface area (Å²) in [5.74, 6) is 0.752. The molecule has 0 aliphatic heterocycles. The average molecular weight is 326 g/mol. The van der Waals surface area contributed by atoms with Crippen molar-refractivity contribution in [2.75, 3.05) is 45.8 Å². The Hall–Kier alpha value is -1.99. The van der Waals surface area contributed by atoms with Crippen molar-refractivity contribution in [2.45, 2.75) is 20.0 Å². The van der Waals surface area contributed by atoms with Crippen molar-refractivity contribution < 1.29 is 24.5 Å². The van der Waals surface area contributed by atoms with Crippen LogP contribution in [-0.4, -0.2) is 67.6 Å². The summed E-state index contributed by atoms with van der Waals surface area (Å²) < 4.78 is 10.6. The van der Waals surface area contributed by atoms with Crippen LogP contribution in [0.3, 0.4) is 0 Å². The Balaban J connectivity index is 3.20. The Labute approximate surface area is 136 Å². The van der Waals surface area contributed by atoms with Crippen LogP contribution in [0.15, 0.2) is 12.1 Å².